The minimum Gasteiger partial charge on any atom is -0.363 e. The van der Waals surface area contributed by atoms with E-state index in [0.29, 0.717) is 25.1 Å². The Morgan fingerprint density at radius 2 is 1.90 bits per heavy atom. The molecule has 1 fully saturated rings. The Labute approximate surface area is 170 Å². The van der Waals surface area contributed by atoms with Crippen molar-refractivity contribution in [2.45, 2.75) is 31.1 Å². The van der Waals surface area contributed by atoms with Gasteiger partial charge in [0.2, 0.25) is 0 Å². The van der Waals surface area contributed by atoms with Crippen molar-refractivity contribution in [3.8, 4) is 0 Å². The van der Waals surface area contributed by atoms with E-state index < -0.39 is 23.0 Å². The summed E-state index contributed by atoms with van der Waals surface area (Å²) in [6.07, 6.45) is -4.30. The fourth-order valence-electron chi connectivity index (χ4n) is 4.29. The highest BCUT2D eigenvalue weighted by molar-refractivity contribution is 5.84. The van der Waals surface area contributed by atoms with Gasteiger partial charge in [0.25, 0.3) is 5.69 Å². The second-order valence-corrected chi connectivity index (χ2v) is 7.45. The molecule has 2 aromatic carbocycles. The second kappa shape index (κ2) is 7.19. The monoisotopic (exact) mass is 420 g/mol. The molecule has 2 aliphatic rings. The van der Waals surface area contributed by atoms with Crippen molar-refractivity contribution in [1.82, 2.24) is 5.32 Å². The third kappa shape index (κ3) is 3.42. The predicted molar refractivity (Wildman–Crippen MR) is 105 cm³/mol. The molecule has 2 aliphatic heterocycles. The molecule has 0 bridgehead atoms. The van der Waals surface area contributed by atoms with E-state index in [1.807, 2.05) is 36.2 Å². The smallest absolute Gasteiger partial charge is 0.363 e. The Bertz CT molecular complexity index is 1010. The molecule has 1 amide bonds. The normalized spacial score (nSPS) is 20.5. The Balaban J connectivity index is 1.75. The summed E-state index contributed by atoms with van der Waals surface area (Å²) in [6.45, 7) is 0.403. The van der Waals surface area contributed by atoms with Gasteiger partial charge in [-0.3, -0.25) is 14.9 Å². The largest absolute Gasteiger partial charge is 0.471 e. The number of hydrogen-bond donors (Lipinski definition) is 1. The molecule has 0 aromatic heterocycles. The van der Waals surface area contributed by atoms with Crippen LogP contribution in [0.2, 0.25) is 0 Å². The molecule has 158 valence electrons. The van der Waals surface area contributed by atoms with E-state index in [-0.39, 0.29) is 11.7 Å². The molecule has 1 saturated heterocycles. The summed E-state index contributed by atoms with van der Waals surface area (Å²) < 4.78 is 38.1. The molecule has 2 atom stereocenters. The van der Waals surface area contributed by atoms with Crippen LogP contribution in [0.25, 0.3) is 0 Å². The van der Waals surface area contributed by atoms with Crippen LogP contribution < -0.4 is 15.1 Å². The molecule has 1 N–H and O–H groups in total. The fourth-order valence-corrected chi connectivity index (χ4v) is 4.29. The maximum atomic E-state index is 12.7. The summed E-state index contributed by atoms with van der Waals surface area (Å²) in [5, 5.41) is 13.4. The Morgan fingerprint density at radius 3 is 2.60 bits per heavy atom. The molecule has 2 heterocycles. The third-order valence-electron chi connectivity index (χ3n) is 5.69. The zero-order valence-electron chi connectivity index (χ0n) is 16.0. The standard InChI is InChI=1S/C20H19F3N4O3/c1-25-15-5-3-2-4-14(15)17-10-12(24-19(28)20(21,22)23)8-9-26(17)16-7-6-13(27(29)30)11-18(16)25/h2-7,11-12,17H,8-10H2,1H3,(H,24,28)/t12-,17-/m1/s1. The van der Waals surface area contributed by atoms with Gasteiger partial charge in [-0.25, -0.2) is 0 Å². The van der Waals surface area contributed by atoms with Crippen LogP contribution in [0.3, 0.4) is 0 Å². The Hall–Kier alpha value is -3.30. The molecule has 0 saturated carbocycles. The summed E-state index contributed by atoms with van der Waals surface area (Å²) in [7, 11) is 1.81. The minimum absolute atomic E-state index is 0.0381. The van der Waals surface area contributed by atoms with Crippen LogP contribution in [0.4, 0.5) is 35.9 Å². The fraction of sp³-hybridized carbons (Fsp3) is 0.350. The molecule has 7 nitrogen and oxygen atoms in total. The molecule has 30 heavy (non-hydrogen) atoms. The van der Waals surface area contributed by atoms with Crippen LogP contribution in [0.5, 0.6) is 0 Å². The lowest BCUT2D eigenvalue weighted by atomic mass is 9.90. The van der Waals surface area contributed by atoms with Gasteiger partial charge < -0.3 is 15.1 Å². The summed E-state index contributed by atoms with van der Waals surface area (Å²) in [4.78, 5) is 26.2. The summed E-state index contributed by atoms with van der Waals surface area (Å²) in [6, 6.07) is 11.2. The second-order valence-electron chi connectivity index (χ2n) is 7.45. The lowest BCUT2D eigenvalue weighted by molar-refractivity contribution is -0.384. The maximum absolute atomic E-state index is 12.7. The van der Waals surface area contributed by atoms with Gasteiger partial charge in [0, 0.05) is 37.5 Å². The number of carbonyl (C=O) groups is 1. The topological polar surface area (TPSA) is 78.7 Å². The number of fused-ring (bicyclic) bond motifs is 5. The van der Waals surface area contributed by atoms with E-state index in [1.165, 1.54) is 12.1 Å². The number of nitrogens with one attached hydrogen (secondary N) is 1. The third-order valence-corrected chi connectivity index (χ3v) is 5.69. The van der Waals surface area contributed by atoms with E-state index >= 15 is 0 Å². The van der Waals surface area contributed by atoms with Crippen LogP contribution in [0.15, 0.2) is 42.5 Å². The van der Waals surface area contributed by atoms with Crippen LogP contribution in [-0.4, -0.2) is 36.6 Å². The predicted octanol–water partition coefficient (Wildman–Crippen LogP) is 4.06. The van der Waals surface area contributed by atoms with Crippen LogP contribution in [0.1, 0.15) is 24.4 Å². The summed E-state index contributed by atoms with van der Waals surface area (Å²) >= 11 is 0. The molecule has 0 radical (unpaired) electrons. The molecule has 4 rings (SSSR count). The minimum atomic E-state index is -4.93. The highest BCUT2D eigenvalue weighted by atomic mass is 19.4. The van der Waals surface area contributed by atoms with Crippen LogP contribution in [0, 0.1) is 10.1 Å². The Morgan fingerprint density at radius 1 is 1.17 bits per heavy atom. The van der Waals surface area contributed by atoms with E-state index in [1.54, 1.807) is 6.07 Å². The zero-order chi connectivity index (χ0) is 21.6. The van der Waals surface area contributed by atoms with E-state index in [4.69, 9.17) is 0 Å². The number of benzene rings is 2. The van der Waals surface area contributed by atoms with Gasteiger partial charge in [-0.2, -0.15) is 13.2 Å². The summed E-state index contributed by atoms with van der Waals surface area (Å²) in [5.41, 5.74) is 3.09. The molecule has 10 heteroatoms. The van der Waals surface area contributed by atoms with Crippen molar-refractivity contribution in [3.05, 3.63) is 58.1 Å². The zero-order valence-corrected chi connectivity index (χ0v) is 16.0. The van der Waals surface area contributed by atoms with Crippen molar-refractivity contribution in [2.75, 3.05) is 23.4 Å². The molecular formula is C20H19F3N4O3. The maximum Gasteiger partial charge on any atom is 0.471 e. The van der Waals surface area contributed by atoms with Crippen molar-refractivity contribution < 1.29 is 22.9 Å². The number of nitro groups is 1. The summed E-state index contributed by atoms with van der Waals surface area (Å²) in [5.74, 6) is -1.93. The van der Waals surface area contributed by atoms with E-state index in [0.717, 1.165) is 16.9 Å². The Kier molecular flexibility index (Phi) is 4.79. The number of rotatable bonds is 2. The van der Waals surface area contributed by atoms with E-state index in [9.17, 15) is 28.1 Å². The highest BCUT2D eigenvalue weighted by Gasteiger charge is 2.42. The number of hydrogen-bond acceptors (Lipinski definition) is 5. The number of nitro benzene ring substituents is 1. The molecule has 0 spiro atoms. The molecule has 2 aromatic rings. The van der Waals surface area contributed by atoms with Crippen molar-refractivity contribution in [2.24, 2.45) is 0 Å². The first-order valence-corrected chi connectivity index (χ1v) is 9.42. The van der Waals surface area contributed by atoms with Gasteiger partial charge >= 0.3 is 12.1 Å². The van der Waals surface area contributed by atoms with Gasteiger partial charge in [0.05, 0.1) is 22.3 Å². The van der Waals surface area contributed by atoms with Gasteiger partial charge in [-0.15, -0.1) is 0 Å². The number of anilines is 3. The van der Waals surface area contributed by atoms with Gasteiger partial charge in [-0.1, -0.05) is 18.2 Å². The van der Waals surface area contributed by atoms with Crippen LogP contribution >= 0.6 is 0 Å². The number of piperidine rings is 1. The molecule has 0 unspecified atom stereocenters. The van der Waals surface area contributed by atoms with Crippen LogP contribution in [-0.2, 0) is 4.79 Å². The number of nitrogens with zero attached hydrogens (tertiary/aromatic N) is 3. The average molecular weight is 420 g/mol. The number of alkyl halides is 3. The first kappa shape index (κ1) is 20.0. The van der Waals surface area contributed by atoms with Gasteiger partial charge in [0.15, 0.2) is 0 Å². The number of halogens is 3. The van der Waals surface area contributed by atoms with Gasteiger partial charge in [0.1, 0.15) is 0 Å². The molecule has 0 aliphatic carbocycles. The van der Waals surface area contributed by atoms with E-state index in [2.05, 4.69) is 10.2 Å². The number of amides is 1. The number of para-hydroxylation sites is 1. The lowest BCUT2D eigenvalue weighted by Gasteiger charge is -2.41. The lowest BCUT2D eigenvalue weighted by Crippen LogP contribution is -2.49. The molecular weight excluding hydrogens is 401 g/mol. The first-order valence-electron chi connectivity index (χ1n) is 9.42. The van der Waals surface area contributed by atoms with Crippen molar-refractivity contribution in [1.29, 1.82) is 0 Å². The quantitative estimate of drug-likeness (QED) is 0.586. The van der Waals surface area contributed by atoms with Crippen molar-refractivity contribution in [3.63, 3.8) is 0 Å². The average Bonchev–Trinajstić information content (AvgIpc) is 2.81. The SMILES string of the molecule is CN1c2ccccc2[C@H]2C[C@H](NC(=O)C(F)(F)F)CCN2c2ccc([N+](=O)[O-])cc21. The number of carbonyl (C=O) groups excluding carboxylic acids is 1. The van der Waals surface area contributed by atoms with Gasteiger partial charge in [-0.05, 0) is 30.5 Å². The number of non-ortho nitro benzene ring substituents is 1. The highest BCUT2D eigenvalue weighted by Crippen LogP contribution is 2.48. The van der Waals surface area contributed by atoms with Crippen molar-refractivity contribution >= 4 is 28.7 Å². The first-order chi connectivity index (χ1) is 14.2.